The highest BCUT2D eigenvalue weighted by Crippen LogP contribution is 2.04. The molecule has 0 aliphatic rings. The third-order valence-corrected chi connectivity index (χ3v) is 1.12. The Balaban J connectivity index is 4.45. The first-order valence-corrected chi connectivity index (χ1v) is 4.03. The molecule has 0 saturated heterocycles. The van der Waals surface area contributed by atoms with E-state index in [2.05, 4.69) is 18.5 Å². The quantitative estimate of drug-likeness (QED) is 0.660. The fourth-order valence-corrected chi connectivity index (χ4v) is 0.831. The molecule has 0 aliphatic carbocycles. The maximum atomic E-state index is 5.71. The van der Waals surface area contributed by atoms with Crippen LogP contribution in [0, 0.1) is 0 Å². The van der Waals surface area contributed by atoms with E-state index in [1.807, 2.05) is 26.0 Å². The molecule has 2 heteroatoms. The summed E-state index contributed by atoms with van der Waals surface area (Å²) in [4.78, 5) is 0. The first-order valence-electron chi connectivity index (χ1n) is 3.65. The molecule has 0 aromatic rings. The molecule has 0 aliphatic heterocycles. The molecule has 0 radical (unpaired) electrons. The number of hydrogen-bond acceptors (Lipinski definition) is 1. The van der Waals surface area contributed by atoms with Crippen LogP contribution in [0.4, 0.5) is 0 Å². The Hall–Kier alpha value is -0.950. The van der Waals surface area contributed by atoms with Crippen molar-refractivity contribution >= 4 is 11.6 Å². The normalized spacial score (nSPS) is 12.6. The van der Waals surface area contributed by atoms with E-state index < -0.39 is 0 Å². The highest BCUT2D eigenvalue weighted by atomic mass is 35.5. The molecule has 0 atom stereocenters. The molecule has 0 aromatic heterocycles. The molecule has 0 saturated carbocycles. The molecule has 0 unspecified atom stereocenters. The van der Waals surface area contributed by atoms with Gasteiger partial charge in [-0.25, -0.2) is 0 Å². The van der Waals surface area contributed by atoms with Crippen LogP contribution < -0.4 is 5.32 Å². The van der Waals surface area contributed by atoms with Gasteiger partial charge < -0.3 is 5.32 Å². The zero-order valence-electron chi connectivity index (χ0n) is 7.52. The van der Waals surface area contributed by atoms with Gasteiger partial charge >= 0.3 is 0 Å². The van der Waals surface area contributed by atoms with Crippen molar-refractivity contribution in [3.05, 3.63) is 47.8 Å². The Morgan fingerprint density at radius 3 is 2.33 bits per heavy atom. The first kappa shape index (κ1) is 11.1. The van der Waals surface area contributed by atoms with Crippen molar-refractivity contribution in [1.29, 1.82) is 0 Å². The minimum Gasteiger partial charge on any atom is -0.360 e. The van der Waals surface area contributed by atoms with Gasteiger partial charge in [-0.1, -0.05) is 30.8 Å². The third-order valence-electron chi connectivity index (χ3n) is 1.01. The van der Waals surface area contributed by atoms with Gasteiger partial charge in [0.25, 0.3) is 0 Å². The minimum atomic E-state index is 0.719. The molecular formula is C10H14ClN. The zero-order chi connectivity index (χ0) is 9.56. The summed E-state index contributed by atoms with van der Waals surface area (Å²) in [6, 6.07) is 0. The van der Waals surface area contributed by atoms with Crippen LogP contribution in [0.3, 0.4) is 0 Å². The highest BCUT2D eigenvalue weighted by molar-refractivity contribution is 6.29. The standard InChI is InChI=1S/C10H14ClN/c1-5-6-10(7-9(4)11)12-8(2)3/h5-7,12H,1-2H2,3-4H3/b9-7+,10-6+. The maximum Gasteiger partial charge on any atom is 0.0392 e. The van der Waals surface area contributed by atoms with Crippen LogP contribution in [0.15, 0.2) is 47.8 Å². The van der Waals surface area contributed by atoms with E-state index in [0.717, 1.165) is 16.4 Å². The molecule has 0 aromatic carbocycles. The van der Waals surface area contributed by atoms with Crippen molar-refractivity contribution < 1.29 is 0 Å². The van der Waals surface area contributed by atoms with Gasteiger partial charge in [0.05, 0.1) is 0 Å². The molecule has 1 N–H and O–H groups in total. The Morgan fingerprint density at radius 2 is 2.00 bits per heavy atom. The molecule has 0 bridgehead atoms. The molecule has 12 heavy (non-hydrogen) atoms. The average molecular weight is 184 g/mol. The van der Waals surface area contributed by atoms with Crippen molar-refractivity contribution in [1.82, 2.24) is 5.32 Å². The third kappa shape index (κ3) is 5.81. The molecule has 0 amide bonds. The van der Waals surface area contributed by atoms with Crippen LogP contribution in [0.1, 0.15) is 13.8 Å². The van der Waals surface area contributed by atoms with Gasteiger partial charge in [-0.15, -0.1) is 0 Å². The van der Waals surface area contributed by atoms with Crippen molar-refractivity contribution in [2.24, 2.45) is 0 Å². The maximum absolute atomic E-state index is 5.71. The summed E-state index contributed by atoms with van der Waals surface area (Å²) in [7, 11) is 0. The number of halogens is 1. The van der Waals surface area contributed by atoms with Crippen LogP contribution in [-0.2, 0) is 0 Å². The van der Waals surface area contributed by atoms with Crippen LogP contribution in [0.5, 0.6) is 0 Å². The van der Waals surface area contributed by atoms with E-state index in [-0.39, 0.29) is 0 Å². The van der Waals surface area contributed by atoms with Gasteiger partial charge in [-0.2, -0.15) is 0 Å². The van der Waals surface area contributed by atoms with E-state index in [4.69, 9.17) is 11.6 Å². The predicted molar refractivity (Wildman–Crippen MR) is 55.8 cm³/mol. The van der Waals surface area contributed by atoms with Gasteiger partial charge in [-0.05, 0) is 26.0 Å². The van der Waals surface area contributed by atoms with Crippen LogP contribution in [-0.4, -0.2) is 0 Å². The van der Waals surface area contributed by atoms with Crippen molar-refractivity contribution in [3.63, 3.8) is 0 Å². The molecule has 66 valence electrons. The summed E-state index contributed by atoms with van der Waals surface area (Å²) >= 11 is 5.71. The Bertz CT molecular complexity index is 232. The summed E-state index contributed by atoms with van der Waals surface area (Å²) in [5.74, 6) is 0. The minimum absolute atomic E-state index is 0.719. The van der Waals surface area contributed by atoms with E-state index in [1.54, 1.807) is 6.08 Å². The Kier molecular flexibility index (Phi) is 5.22. The van der Waals surface area contributed by atoms with Crippen molar-refractivity contribution in [2.75, 3.05) is 0 Å². The lowest BCUT2D eigenvalue weighted by molar-refractivity contribution is 1.01. The highest BCUT2D eigenvalue weighted by Gasteiger charge is 1.90. The summed E-state index contributed by atoms with van der Waals surface area (Å²) in [5, 5.41) is 3.77. The second-order valence-electron chi connectivity index (χ2n) is 2.49. The Morgan fingerprint density at radius 1 is 1.42 bits per heavy atom. The summed E-state index contributed by atoms with van der Waals surface area (Å²) in [5.41, 5.74) is 1.77. The fourth-order valence-electron chi connectivity index (χ4n) is 0.714. The summed E-state index contributed by atoms with van der Waals surface area (Å²) < 4.78 is 0. The van der Waals surface area contributed by atoms with Crippen LogP contribution >= 0.6 is 11.6 Å². The van der Waals surface area contributed by atoms with E-state index in [0.29, 0.717) is 0 Å². The lowest BCUT2D eigenvalue weighted by Crippen LogP contribution is -2.07. The van der Waals surface area contributed by atoms with E-state index in [1.165, 1.54) is 0 Å². The van der Waals surface area contributed by atoms with Crippen molar-refractivity contribution in [2.45, 2.75) is 13.8 Å². The Labute approximate surface area is 79.1 Å². The predicted octanol–water partition coefficient (Wildman–Crippen LogP) is 3.32. The lowest BCUT2D eigenvalue weighted by Gasteiger charge is -2.04. The summed E-state index contributed by atoms with van der Waals surface area (Å²) in [6.07, 6.45) is 5.35. The van der Waals surface area contributed by atoms with Gasteiger partial charge in [0.1, 0.15) is 0 Å². The molecule has 0 rings (SSSR count). The smallest absolute Gasteiger partial charge is 0.0392 e. The van der Waals surface area contributed by atoms with Gasteiger partial charge in [0.2, 0.25) is 0 Å². The SMILES string of the molecule is C=C/C=C(\C=C(/C)Cl)NC(=C)C. The largest absolute Gasteiger partial charge is 0.360 e. The van der Waals surface area contributed by atoms with E-state index >= 15 is 0 Å². The molecule has 0 spiro atoms. The van der Waals surface area contributed by atoms with Crippen LogP contribution in [0.2, 0.25) is 0 Å². The number of allylic oxidation sites excluding steroid dienone is 5. The second-order valence-corrected chi connectivity index (χ2v) is 3.09. The second kappa shape index (κ2) is 5.67. The van der Waals surface area contributed by atoms with Crippen molar-refractivity contribution in [3.8, 4) is 0 Å². The zero-order valence-corrected chi connectivity index (χ0v) is 8.28. The monoisotopic (exact) mass is 183 g/mol. The molecule has 1 nitrogen and oxygen atoms in total. The summed E-state index contributed by atoms with van der Waals surface area (Å²) in [6.45, 7) is 11.0. The molecule has 0 heterocycles. The fraction of sp³-hybridized carbons (Fsp3) is 0.200. The van der Waals surface area contributed by atoms with E-state index in [9.17, 15) is 0 Å². The first-order chi connectivity index (χ1) is 5.56. The number of hydrogen-bond donors (Lipinski definition) is 1. The topological polar surface area (TPSA) is 12.0 Å². The van der Waals surface area contributed by atoms with Gasteiger partial charge in [0.15, 0.2) is 0 Å². The average Bonchev–Trinajstić information content (AvgIpc) is 1.84. The lowest BCUT2D eigenvalue weighted by atomic mass is 10.3. The number of rotatable bonds is 4. The molecule has 0 fully saturated rings. The van der Waals surface area contributed by atoms with Crippen LogP contribution in [0.25, 0.3) is 0 Å². The number of nitrogens with one attached hydrogen (secondary N) is 1. The molecular weight excluding hydrogens is 170 g/mol. The van der Waals surface area contributed by atoms with Gasteiger partial charge in [0, 0.05) is 16.4 Å². The van der Waals surface area contributed by atoms with Gasteiger partial charge in [-0.3, -0.25) is 0 Å².